The van der Waals surface area contributed by atoms with Gasteiger partial charge in [-0.2, -0.15) is 5.26 Å². The number of pyridine rings is 1. The van der Waals surface area contributed by atoms with E-state index in [0.717, 1.165) is 6.07 Å². The lowest BCUT2D eigenvalue weighted by molar-refractivity contribution is 0.100. The number of aromatic nitrogens is 1. The first-order chi connectivity index (χ1) is 6.06. The highest BCUT2D eigenvalue weighted by Crippen LogP contribution is 2.05. The van der Waals surface area contributed by atoms with Gasteiger partial charge in [-0.3, -0.25) is 9.59 Å². The summed E-state index contributed by atoms with van der Waals surface area (Å²) in [6, 6.07) is 2.68. The Morgan fingerprint density at radius 1 is 1.62 bits per heavy atom. The number of carbonyl (C=O) groups is 1. The molecular formula is C7H6N4O2. The average molecular weight is 178 g/mol. The molecule has 0 saturated heterocycles. The lowest BCUT2D eigenvalue weighted by atomic mass is 10.2. The normalized spacial score (nSPS) is 9.15. The largest absolute Gasteiger partial charge is 0.385 e. The van der Waals surface area contributed by atoms with Crippen LogP contribution in [0.2, 0.25) is 0 Å². The summed E-state index contributed by atoms with van der Waals surface area (Å²) in [6.45, 7) is 0. The van der Waals surface area contributed by atoms with Crippen molar-refractivity contribution in [3.63, 3.8) is 0 Å². The number of nitrogens with zero attached hydrogens (tertiary/aromatic N) is 1. The van der Waals surface area contributed by atoms with E-state index in [9.17, 15) is 9.59 Å². The van der Waals surface area contributed by atoms with Crippen molar-refractivity contribution in [3.8, 4) is 6.07 Å². The Kier molecular flexibility index (Phi) is 2.02. The molecule has 0 aliphatic rings. The molecule has 0 fully saturated rings. The second-order valence-corrected chi connectivity index (χ2v) is 2.32. The van der Waals surface area contributed by atoms with Crippen molar-refractivity contribution in [1.82, 2.24) is 4.98 Å². The van der Waals surface area contributed by atoms with Crippen molar-refractivity contribution in [2.75, 3.05) is 5.73 Å². The molecule has 0 radical (unpaired) electrons. The monoisotopic (exact) mass is 178 g/mol. The number of primary amides is 1. The number of nitrogens with two attached hydrogens (primary N) is 2. The van der Waals surface area contributed by atoms with Crippen LogP contribution in [0.15, 0.2) is 10.9 Å². The van der Waals surface area contributed by atoms with E-state index in [2.05, 4.69) is 4.98 Å². The molecule has 0 atom stereocenters. The summed E-state index contributed by atoms with van der Waals surface area (Å²) >= 11 is 0. The first kappa shape index (κ1) is 8.80. The van der Waals surface area contributed by atoms with Crippen LogP contribution in [0.4, 0.5) is 5.82 Å². The highest BCUT2D eigenvalue weighted by atomic mass is 16.1. The lowest BCUT2D eigenvalue weighted by Crippen LogP contribution is -2.20. The molecule has 6 heteroatoms. The van der Waals surface area contributed by atoms with E-state index in [4.69, 9.17) is 16.7 Å². The Morgan fingerprint density at radius 3 is 2.69 bits per heavy atom. The number of rotatable bonds is 1. The fourth-order valence-corrected chi connectivity index (χ4v) is 0.832. The van der Waals surface area contributed by atoms with Crippen molar-refractivity contribution in [2.45, 2.75) is 0 Å². The Labute approximate surface area is 72.8 Å². The molecule has 0 aromatic carbocycles. The van der Waals surface area contributed by atoms with E-state index in [1.165, 1.54) is 0 Å². The first-order valence-corrected chi connectivity index (χ1v) is 3.29. The van der Waals surface area contributed by atoms with Crippen LogP contribution in [-0.2, 0) is 0 Å². The lowest BCUT2D eigenvalue weighted by Gasteiger charge is -1.99. The Balaban J connectivity index is 3.51. The fraction of sp³-hybridized carbons (Fsp3) is 0. The number of nitrogen functional groups attached to an aromatic ring is 1. The van der Waals surface area contributed by atoms with Gasteiger partial charge in [0.2, 0.25) is 0 Å². The highest BCUT2D eigenvalue weighted by molar-refractivity contribution is 5.97. The Hall–Kier alpha value is -2.29. The second-order valence-electron chi connectivity index (χ2n) is 2.32. The molecule has 0 aliphatic carbocycles. The van der Waals surface area contributed by atoms with Gasteiger partial charge in [0.1, 0.15) is 17.5 Å². The van der Waals surface area contributed by atoms with Gasteiger partial charge in [-0.05, 0) is 6.07 Å². The highest BCUT2D eigenvalue weighted by Gasteiger charge is 2.09. The first-order valence-electron chi connectivity index (χ1n) is 3.29. The summed E-state index contributed by atoms with van der Waals surface area (Å²) in [5, 5.41) is 8.45. The van der Waals surface area contributed by atoms with E-state index in [1.54, 1.807) is 6.07 Å². The molecule has 1 rings (SSSR count). The van der Waals surface area contributed by atoms with Gasteiger partial charge in [-0.1, -0.05) is 0 Å². The summed E-state index contributed by atoms with van der Waals surface area (Å²) in [6.07, 6.45) is 0. The van der Waals surface area contributed by atoms with Crippen molar-refractivity contribution in [3.05, 3.63) is 27.5 Å². The van der Waals surface area contributed by atoms with Crippen LogP contribution < -0.4 is 17.0 Å². The minimum atomic E-state index is -0.787. The van der Waals surface area contributed by atoms with Gasteiger partial charge in [0.25, 0.3) is 11.5 Å². The van der Waals surface area contributed by atoms with Gasteiger partial charge < -0.3 is 16.5 Å². The average Bonchev–Trinajstić information content (AvgIpc) is 2.03. The minimum Gasteiger partial charge on any atom is -0.385 e. The molecule has 0 saturated carbocycles. The SMILES string of the molecule is N#Cc1cc(C(N)=O)c(N)[nH]c1=O. The molecule has 0 bridgehead atoms. The van der Waals surface area contributed by atoms with E-state index in [0.29, 0.717) is 0 Å². The van der Waals surface area contributed by atoms with Crippen LogP contribution in [0.5, 0.6) is 0 Å². The molecule has 6 nitrogen and oxygen atoms in total. The van der Waals surface area contributed by atoms with Crippen LogP contribution in [0.1, 0.15) is 15.9 Å². The van der Waals surface area contributed by atoms with Crippen LogP contribution in [0, 0.1) is 11.3 Å². The molecule has 0 spiro atoms. The third kappa shape index (κ3) is 1.49. The van der Waals surface area contributed by atoms with E-state index < -0.39 is 11.5 Å². The van der Waals surface area contributed by atoms with Crippen LogP contribution in [0.3, 0.4) is 0 Å². The van der Waals surface area contributed by atoms with Gasteiger partial charge in [0, 0.05) is 0 Å². The number of H-pyrrole nitrogens is 1. The molecule has 13 heavy (non-hydrogen) atoms. The molecule has 5 N–H and O–H groups in total. The van der Waals surface area contributed by atoms with Gasteiger partial charge in [-0.15, -0.1) is 0 Å². The fourth-order valence-electron chi connectivity index (χ4n) is 0.832. The number of carbonyl (C=O) groups excluding carboxylic acids is 1. The standard InChI is InChI=1S/C7H6N4O2/c8-2-3-1-4(6(10)12)5(9)11-7(3)13/h1H,(H2,10,12)(H3,9,11,13). The molecule has 0 aliphatic heterocycles. The summed E-state index contributed by atoms with van der Waals surface area (Å²) in [7, 11) is 0. The van der Waals surface area contributed by atoms with Gasteiger partial charge in [-0.25, -0.2) is 0 Å². The summed E-state index contributed by atoms with van der Waals surface area (Å²) in [5.74, 6) is -0.915. The zero-order chi connectivity index (χ0) is 10.0. The Morgan fingerprint density at radius 2 is 2.23 bits per heavy atom. The number of nitriles is 1. The summed E-state index contributed by atoms with van der Waals surface area (Å²) in [4.78, 5) is 23.8. The Bertz CT molecular complexity index is 455. The summed E-state index contributed by atoms with van der Waals surface area (Å²) < 4.78 is 0. The number of aromatic amines is 1. The quantitative estimate of drug-likeness (QED) is 0.505. The van der Waals surface area contributed by atoms with Crippen molar-refractivity contribution in [1.29, 1.82) is 5.26 Å². The van der Waals surface area contributed by atoms with E-state index in [1.807, 2.05) is 0 Å². The maximum Gasteiger partial charge on any atom is 0.267 e. The van der Waals surface area contributed by atoms with Crippen LogP contribution >= 0.6 is 0 Å². The van der Waals surface area contributed by atoms with Crippen LogP contribution in [-0.4, -0.2) is 10.9 Å². The second kappa shape index (κ2) is 2.98. The molecule has 1 aromatic rings. The van der Waals surface area contributed by atoms with Gasteiger partial charge >= 0.3 is 0 Å². The molecule has 0 unspecified atom stereocenters. The number of hydrogen-bond donors (Lipinski definition) is 3. The van der Waals surface area contributed by atoms with E-state index in [-0.39, 0.29) is 16.9 Å². The number of nitrogens with one attached hydrogen (secondary N) is 1. The molecule has 66 valence electrons. The number of hydrogen-bond acceptors (Lipinski definition) is 4. The van der Waals surface area contributed by atoms with Crippen molar-refractivity contribution < 1.29 is 4.79 Å². The zero-order valence-electron chi connectivity index (χ0n) is 6.50. The molecule has 1 aromatic heterocycles. The number of anilines is 1. The zero-order valence-corrected chi connectivity index (χ0v) is 6.50. The van der Waals surface area contributed by atoms with Crippen molar-refractivity contribution in [2.24, 2.45) is 5.73 Å². The molecular weight excluding hydrogens is 172 g/mol. The third-order valence-electron chi connectivity index (χ3n) is 1.46. The van der Waals surface area contributed by atoms with Crippen molar-refractivity contribution >= 4 is 11.7 Å². The molecule has 1 amide bonds. The summed E-state index contributed by atoms with van der Waals surface area (Å²) in [5.41, 5.74) is 9.33. The maximum absolute atomic E-state index is 10.9. The topological polar surface area (TPSA) is 126 Å². The van der Waals surface area contributed by atoms with Gasteiger partial charge in [0.15, 0.2) is 0 Å². The number of amides is 1. The molecule has 1 heterocycles. The smallest absolute Gasteiger partial charge is 0.267 e. The third-order valence-corrected chi connectivity index (χ3v) is 1.46. The van der Waals surface area contributed by atoms with Gasteiger partial charge in [0.05, 0.1) is 5.56 Å². The maximum atomic E-state index is 10.9. The minimum absolute atomic E-state index is 0.0591. The predicted octanol–water partition coefficient (Wildman–Crippen LogP) is -1.07. The predicted molar refractivity (Wildman–Crippen MR) is 44.7 cm³/mol. The van der Waals surface area contributed by atoms with E-state index >= 15 is 0 Å². The van der Waals surface area contributed by atoms with Crippen LogP contribution in [0.25, 0.3) is 0 Å².